The van der Waals surface area contributed by atoms with Gasteiger partial charge >= 0.3 is 0 Å². The Bertz CT molecular complexity index is 1200. The van der Waals surface area contributed by atoms with Gasteiger partial charge in [-0.3, -0.25) is 9.88 Å². The van der Waals surface area contributed by atoms with Crippen molar-refractivity contribution in [2.24, 2.45) is 0 Å². The molecule has 0 atom stereocenters. The zero-order chi connectivity index (χ0) is 20.7. The highest BCUT2D eigenvalue weighted by Gasteiger charge is 2.41. The highest BCUT2D eigenvalue weighted by atomic mass is 15.3. The number of hydrogen-bond acceptors (Lipinski definition) is 4. The minimum atomic E-state index is 0.317. The normalized spacial score (nSPS) is 19.4. The lowest BCUT2D eigenvalue weighted by Gasteiger charge is -2.52. The van der Waals surface area contributed by atoms with E-state index in [0.29, 0.717) is 5.54 Å². The number of aromatic amines is 1. The monoisotopic (exact) mass is 411 g/mol. The summed E-state index contributed by atoms with van der Waals surface area (Å²) in [6, 6.07) is 16.8. The van der Waals surface area contributed by atoms with Crippen LogP contribution >= 0.6 is 0 Å². The van der Waals surface area contributed by atoms with E-state index in [4.69, 9.17) is 4.98 Å². The number of rotatable bonds is 3. The Labute approximate surface area is 183 Å². The predicted molar refractivity (Wildman–Crippen MR) is 126 cm³/mol. The lowest BCUT2D eigenvalue weighted by Crippen LogP contribution is -2.57. The fourth-order valence-corrected chi connectivity index (χ4v) is 5.68. The van der Waals surface area contributed by atoms with Crippen LogP contribution in [0.15, 0.2) is 60.9 Å². The molecule has 1 N–H and O–H groups in total. The van der Waals surface area contributed by atoms with Crippen molar-refractivity contribution in [1.29, 1.82) is 0 Å². The molecule has 158 valence electrons. The Kier molecular flexibility index (Phi) is 4.64. The standard InChI is InChI=1S/C26H29N5/c1-2-8-22-21(7-1)20(17-27-22)19-31-14-6-5-11-26(31)12-15-30(16-13-26)25-18-28-23-9-3-4-10-24(23)29-25/h1-4,7-10,17-18,27H,5-6,11-16,19H2. The molecule has 2 fully saturated rings. The second-order valence-corrected chi connectivity index (χ2v) is 9.17. The van der Waals surface area contributed by atoms with E-state index in [1.165, 1.54) is 55.1 Å². The number of piperidine rings is 2. The van der Waals surface area contributed by atoms with Gasteiger partial charge in [-0.05, 0) is 56.0 Å². The van der Waals surface area contributed by atoms with E-state index < -0.39 is 0 Å². The van der Waals surface area contributed by atoms with Crippen molar-refractivity contribution < 1.29 is 0 Å². The average Bonchev–Trinajstić information content (AvgIpc) is 3.24. The molecular weight excluding hydrogens is 382 g/mol. The summed E-state index contributed by atoms with van der Waals surface area (Å²) >= 11 is 0. The first-order chi connectivity index (χ1) is 15.3. The third kappa shape index (κ3) is 3.37. The first-order valence-corrected chi connectivity index (χ1v) is 11.6. The molecule has 0 unspecified atom stereocenters. The van der Waals surface area contributed by atoms with Gasteiger partial charge in [0.15, 0.2) is 0 Å². The Morgan fingerprint density at radius 2 is 1.68 bits per heavy atom. The number of aromatic nitrogens is 3. The molecule has 0 radical (unpaired) electrons. The maximum Gasteiger partial charge on any atom is 0.147 e. The molecule has 4 aromatic rings. The summed E-state index contributed by atoms with van der Waals surface area (Å²) in [4.78, 5) is 18.2. The molecule has 0 aliphatic carbocycles. The smallest absolute Gasteiger partial charge is 0.147 e. The highest BCUT2D eigenvalue weighted by molar-refractivity contribution is 5.83. The van der Waals surface area contributed by atoms with Gasteiger partial charge in [0.1, 0.15) is 5.82 Å². The molecule has 2 aliphatic heterocycles. The molecule has 4 heterocycles. The van der Waals surface area contributed by atoms with Crippen molar-refractivity contribution in [3.8, 4) is 0 Å². The zero-order valence-electron chi connectivity index (χ0n) is 17.9. The molecule has 31 heavy (non-hydrogen) atoms. The van der Waals surface area contributed by atoms with Crippen LogP contribution in [0.4, 0.5) is 5.82 Å². The molecular formula is C26H29N5. The van der Waals surface area contributed by atoms with Crippen molar-refractivity contribution >= 4 is 27.8 Å². The highest BCUT2D eigenvalue weighted by Crippen LogP contribution is 2.39. The quantitative estimate of drug-likeness (QED) is 0.507. The maximum atomic E-state index is 4.89. The summed E-state index contributed by atoms with van der Waals surface area (Å²) in [5.74, 6) is 1.02. The van der Waals surface area contributed by atoms with E-state index in [2.05, 4.69) is 56.3 Å². The summed E-state index contributed by atoms with van der Waals surface area (Å²) < 4.78 is 0. The van der Waals surface area contributed by atoms with Gasteiger partial charge < -0.3 is 9.88 Å². The van der Waals surface area contributed by atoms with Gasteiger partial charge in [-0.2, -0.15) is 0 Å². The number of nitrogens with zero attached hydrogens (tertiary/aromatic N) is 4. The number of hydrogen-bond donors (Lipinski definition) is 1. The third-order valence-electron chi connectivity index (χ3n) is 7.48. The van der Waals surface area contributed by atoms with Crippen LogP contribution in [0.1, 0.15) is 37.7 Å². The van der Waals surface area contributed by atoms with E-state index in [9.17, 15) is 0 Å². The number of benzene rings is 2. The van der Waals surface area contributed by atoms with Gasteiger partial charge in [-0.1, -0.05) is 36.8 Å². The van der Waals surface area contributed by atoms with Crippen LogP contribution in [-0.2, 0) is 6.54 Å². The van der Waals surface area contributed by atoms with Crippen molar-refractivity contribution in [3.63, 3.8) is 0 Å². The molecule has 2 aromatic heterocycles. The predicted octanol–water partition coefficient (Wildman–Crippen LogP) is 5.14. The first kappa shape index (κ1) is 18.8. The summed E-state index contributed by atoms with van der Waals surface area (Å²) in [6.45, 7) is 4.35. The molecule has 2 aromatic carbocycles. The molecule has 0 bridgehead atoms. The van der Waals surface area contributed by atoms with E-state index in [1.54, 1.807) is 0 Å². The summed E-state index contributed by atoms with van der Waals surface area (Å²) in [5.41, 5.74) is 4.95. The van der Waals surface area contributed by atoms with Crippen molar-refractivity contribution in [3.05, 3.63) is 66.5 Å². The van der Waals surface area contributed by atoms with Gasteiger partial charge in [0, 0.05) is 42.3 Å². The third-order valence-corrected chi connectivity index (χ3v) is 7.48. The second-order valence-electron chi connectivity index (χ2n) is 9.17. The van der Waals surface area contributed by atoms with Crippen LogP contribution in [0.3, 0.4) is 0 Å². The fourth-order valence-electron chi connectivity index (χ4n) is 5.68. The molecule has 0 amide bonds. The fraction of sp³-hybridized carbons (Fsp3) is 0.385. The number of likely N-dealkylation sites (tertiary alicyclic amines) is 1. The number of para-hydroxylation sites is 3. The van der Waals surface area contributed by atoms with Crippen LogP contribution in [-0.4, -0.2) is 45.0 Å². The molecule has 2 saturated heterocycles. The summed E-state index contributed by atoms with van der Waals surface area (Å²) in [6.07, 6.45) is 10.5. The molecule has 0 saturated carbocycles. The first-order valence-electron chi connectivity index (χ1n) is 11.6. The molecule has 2 aliphatic rings. The van der Waals surface area contributed by atoms with E-state index >= 15 is 0 Å². The minimum absolute atomic E-state index is 0.317. The lowest BCUT2D eigenvalue weighted by atomic mass is 9.78. The second kappa shape index (κ2) is 7.65. The van der Waals surface area contributed by atoms with Gasteiger partial charge in [0.25, 0.3) is 0 Å². The molecule has 6 rings (SSSR count). The van der Waals surface area contributed by atoms with Crippen LogP contribution in [0.5, 0.6) is 0 Å². The van der Waals surface area contributed by atoms with Crippen LogP contribution in [0, 0.1) is 0 Å². The average molecular weight is 412 g/mol. The minimum Gasteiger partial charge on any atom is -0.361 e. The summed E-state index contributed by atoms with van der Waals surface area (Å²) in [5, 5.41) is 1.37. The topological polar surface area (TPSA) is 48.1 Å². The Morgan fingerprint density at radius 1 is 0.871 bits per heavy atom. The SMILES string of the molecule is c1ccc2nc(N3CCC4(CCCCN4Cc4c[nH]c5ccccc45)CC3)cnc2c1. The Morgan fingerprint density at radius 3 is 2.58 bits per heavy atom. The number of H-pyrrole nitrogens is 1. The zero-order valence-corrected chi connectivity index (χ0v) is 17.9. The van der Waals surface area contributed by atoms with Gasteiger partial charge in [-0.15, -0.1) is 0 Å². The van der Waals surface area contributed by atoms with Crippen LogP contribution in [0.25, 0.3) is 21.9 Å². The van der Waals surface area contributed by atoms with Crippen molar-refractivity contribution in [2.45, 2.75) is 44.2 Å². The van der Waals surface area contributed by atoms with E-state index in [1.807, 2.05) is 24.4 Å². The van der Waals surface area contributed by atoms with Gasteiger partial charge in [0.2, 0.25) is 0 Å². The number of fused-ring (bicyclic) bond motifs is 2. The van der Waals surface area contributed by atoms with Crippen molar-refractivity contribution in [1.82, 2.24) is 19.9 Å². The number of anilines is 1. The van der Waals surface area contributed by atoms with Gasteiger partial charge in [0.05, 0.1) is 17.2 Å². The maximum absolute atomic E-state index is 4.89. The summed E-state index contributed by atoms with van der Waals surface area (Å²) in [7, 11) is 0. The van der Waals surface area contributed by atoms with Gasteiger partial charge in [-0.25, -0.2) is 4.98 Å². The van der Waals surface area contributed by atoms with E-state index in [0.717, 1.165) is 36.5 Å². The van der Waals surface area contributed by atoms with Crippen LogP contribution < -0.4 is 4.90 Å². The Balaban J connectivity index is 1.22. The van der Waals surface area contributed by atoms with Crippen molar-refractivity contribution in [2.75, 3.05) is 24.5 Å². The molecule has 5 heteroatoms. The molecule has 5 nitrogen and oxygen atoms in total. The molecule has 1 spiro atoms. The van der Waals surface area contributed by atoms with Crippen LogP contribution in [0.2, 0.25) is 0 Å². The lowest BCUT2D eigenvalue weighted by molar-refractivity contribution is 0.0186. The Hall–Kier alpha value is -2.92. The number of nitrogens with one attached hydrogen (secondary N) is 1. The largest absolute Gasteiger partial charge is 0.361 e. The van der Waals surface area contributed by atoms with E-state index in [-0.39, 0.29) is 0 Å².